The van der Waals surface area contributed by atoms with Gasteiger partial charge in [-0.3, -0.25) is 9.59 Å². The maximum atomic E-state index is 13.3. The molecule has 1 saturated carbocycles. The third kappa shape index (κ3) is 3.06. The summed E-state index contributed by atoms with van der Waals surface area (Å²) in [7, 11) is 0. The van der Waals surface area contributed by atoms with Gasteiger partial charge in [0.15, 0.2) is 17.8 Å². The van der Waals surface area contributed by atoms with Crippen molar-refractivity contribution in [2.24, 2.45) is 5.92 Å². The summed E-state index contributed by atoms with van der Waals surface area (Å²) in [5.41, 5.74) is 1.19. The predicted octanol–water partition coefficient (Wildman–Crippen LogP) is 4.20. The lowest BCUT2D eigenvalue weighted by atomic mass is 10.1. The van der Waals surface area contributed by atoms with Crippen molar-refractivity contribution in [3.05, 3.63) is 53.6 Å². The number of carbonyl (C=O) groups is 2. The van der Waals surface area contributed by atoms with Crippen LogP contribution in [-0.2, 0) is 4.79 Å². The SMILES string of the molecule is O=Cc1ccccc1NC(=O)C1CC1c1ccc2c(c1)OC(F)(F)C(F)(F)O2. The van der Waals surface area contributed by atoms with Gasteiger partial charge in [0, 0.05) is 11.5 Å². The molecule has 0 radical (unpaired) electrons. The highest BCUT2D eigenvalue weighted by molar-refractivity contribution is 5.99. The Bertz CT molecular complexity index is 963. The summed E-state index contributed by atoms with van der Waals surface area (Å²) in [6.07, 6.45) is -8.50. The van der Waals surface area contributed by atoms with E-state index in [4.69, 9.17) is 0 Å². The molecule has 5 nitrogen and oxygen atoms in total. The quantitative estimate of drug-likeness (QED) is 0.623. The van der Waals surface area contributed by atoms with Crippen LogP contribution in [-0.4, -0.2) is 24.4 Å². The fraction of sp³-hybridized carbons (Fsp3) is 0.263. The first-order chi connectivity index (χ1) is 13.2. The summed E-state index contributed by atoms with van der Waals surface area (Å²) >= 11 is 0. The smallest absolute Gasteiger partial charge is 0.421 e. The summed E-state index contributed by atoms with van der Waals surface area (Å²) < 4.78 is 61.2. The van der Waals surface area contributed by atoms with Crippen LogP contribution in [0.25, 0.3) is 0 Å². The molecule has 1 amide bonds. The fourth-order valence-corrected chi connectivity index (χ4v) is 3.11. The minimum Gasteiger partial charge on any atom is -0.421 e. The molecular weight excluding hydrogens is 382 g/mol. The van der Waals surface area contributed by atoms with E-state index in [2.05, 4.69) is 14.8 Å². The van der Waals surface area contributed by atoms with Crippen molar-refractivity contribution in [1.82, 2.24) is 0 Å². The largest absolute Gasteiger partial charge is 0.507 e. The van der Waals surface area contributed by atoms with Gasteiger partial charge in [-0.1, -0.05) is 18.2 Å². The van der Waals surface area contributed by atoms with Crippen LogP contribution < -0.4 is 14.8 Å². The highest BCUT2D eigenvalue weighted by atomic mass is 19.3. The number of hydrogen-bond donors (Lipinski definition) is 1. The van der Waals surface area contributed by atoms with Gasteiger partial charge in [0.2, 0.25) is 5.91 Å². The van der Waals surface area contributed by atoms with Crippen LogP contribution in [0.1, 0.15) is 28.3 Å². The van der Waals surface area contributed by atoms with E-state index in [9.17, 15) is 27.2 Å². The Morgan fingerprint density at radius 1 is 1.04 bits per heavy atom. The monoisotopic (exact) mass is 395 g/mol. The summed E-state index contributed by atoms with van der Waals surface area (Å²) in [5.74, 6) is -2.06. The van der Waals surface area contributed by atoms with Crippen molar-refractivity contribution in [3.63, 3.8) is 0 Å². The zero-order chi connectivity index (χ0) is 20.1. The third-order valence-corrected chi connectivity index (χ3v) is 4.68. The zero-order valence-corrected chi connectivity index (χ0v) is 14.1. The van der Waals surface area contributed by atoms with Gasteiger partial charge in [-0.25, -0.2) is 0 Å². The molecule has 0 saturated heterocycles. The number of fused-ring (bicyclic) bond motifs is 1. The minimum absolute atomic E-state index is 0.284. The molecule has 2 aromatic rings. The molecule has 0 bridgehead atoms. The van der Waals surface area contributed by atoms with Crippen LogP contribution in [0, 0.1) is 5.92 Å². The second kappa shape index (κ2) is 6.22. The second-order valence-corrected chi connectivity index (χ2v) is 6.59. The topological polar surface area (TPSA) is 64.6 Å². The number of carbonyl (C=O) groups excluding carboxylic acids is 2. The van der Waals surface area contributed by atoms with Gasteiger partial charge in [0.05, 0.1) is 5.69 Å². The van der Waals surface area contributed by atoms with Crippen molar-refractivity contribution >= 4 is 17.9 Å². The molecule has 0 aromatic heterocycles. The first kappa shape index (κ1) is 18.3. The van der Waals surface area contributed by atoms with Crippen LogP contribution in [0.2, 0.25) is 0 Å². The molecule has 1 fully saturated rings. The number of para-hydroxylation sites is 1. The molecule has 146 valence electrons. The Hall–Kier alpha value is -3.10. The Balaban J connectivity index is 1.49. The summed E-state index contributed by atoms with van der Waals surface area (Å²) in [5, 5.41) is 2.66. The van der Waals surface area contributed by atoms with E-state index < -0.39 is 29.6 Å². The zero-order valence-electron chi connectivity index (χ0n) is 14.1. The third-order valence-electron chi connectivity index (χ3n) is 4.68. The maximum Gasteiger partial charge on any atom is 0.507 e. The van der Waals surface area contributed by atoms with E-state index in [0.717, 1.165) is 6.07 Å². The van der Waals surface area contributed by atoms with Gasteiger partial charge in [0.25, 0.3) is 0 Å². The van der Waals surface area contributed by atoms with E-state index in [1.807, 2.05) is 0 Å². The number of rotatable bonds is 4. The van der Waals surface area contributed by atoms with Gasteiger partial charge in [-0.2, -0.15) is 17.6 Å². The molecule has 2 aliphatic rings. The summed E-state index contributed by atoms with van der Waals surface area (Å²) in [6, 6.07) is 10.2. The van der Waals surface area contributed by atoms with Crippen LogP contribution in [0.15, 0.2) is 42.5 Å². The highest BCUT2D eigenvalue weighted by Crippen LogP contribution is 2.52. The lowest BCUT2D eigenvalue weighted by Gasteiger charge is -2.32. The average molecular weight is 395 g/mol. The molecule has 2 atom stereocenters. The van der Waals surface area contributed by atoms with Crippen LogP contribution >= 0.6 is 0 Å². The Labute approximate surface area is 156 Å². The van der Waals surface area contributed by atoms with Gasteiger partial charge in [-0.15, -0.1) is 0 Å². The molecular formula is C19H13F4NO4. The Kier molecular flexibility index (Phi) is 4.06. The second-order valence-electron chi connectivity index (χ2n) is 6.59. The molecule has 1 heterocycles. The molecule has 4 rings (SSSR count). The number of anilines is 1. The molecule has 2 unspecified atom stereocenters. The van der Waals surface area contributed by atoms with Crippen LogP contribution in [0.3, 0.4) is 0 Å². The van der Waals surface area contributed by atoms with Crippen molar-refractivity contribution in [2.75, 3.05) is 5.32 Å². The number of hydrogen-bond acceptors (Lipinski definition) is 4. The molecule has 2 aromatic carbocycles. The van der Waals surface area contributed by atoms with E-state index >= 15 is 0 Å². The highest BCUT2D eigenvalue weighted by Gasteiger charge is 2.66. The van der Waals surface area contributed by atoms with Crippen LogP contribution in [0.4, 0.5) is 23.2 Å². The molecule has 1 N–H and O–H groups in total. The number of benzene rings is 2. The number of amides is 1. The summed E-state index contributed by atoms with van der Waals surface area (Å²) in [6.45, 7) is 0. The predicted molar refractivity (Wildman–Crippen MR) is 88.9 cm³/mol. The summed E-state index contributed by atoms with van der Waals surface area (Å²) in [4.78, 5) is 23.4. The Morgan fingerprint density at radius 2 is 1.71 bits per heavy atom. The maximum absolute atomic E-state index is 13.3. The van der Waals surface area contributed by atoms with Crippen molar-refractivity contribution in [1.29, 1.82) is 0 Å². The van der Waals surface area contributed by atoms with E-state index in [1.165, 1.54) is 12.1 Å². The molecule has 0 spiro atoms. The fourth-order valence-electron chi connectivity index (χ4n) is 3.11. The number of nitrogens with one attached hydrogen (secondary N) is 1. The Morgan fingerprint density at radius 3 is 2.43 bits per heavy atom. The molecule has 28 heavy (non-hydrogen) atoms. The first-order valence-electron chi connectivity index (χ1n) is 8.34. The molecule has 9 heteroatoms. The van der Waals surface area contributed by atoms with Gasteiger partial charge in [-0.05, 0) is 42.2 Å². The average Bonchev–Trinajstić information content (AvgIpc) is 3.43. The lowest BCUT2D eigenvalue weighted by Crippen LogP contribution is -2.52. The van der Waals surface area contributed by atoms with Crippen molar-refractivity contribution < 1.29 is 36.6 Å². The van der Waals surface area contributed by atoms with Crippen molar-refractivity contribution in [2.45, 2.75) is 24.6 Å². The van der Waals surface area contributed by atoms with Gasteiger partial charge in [0.1, 0.15) is 0 Å². The molecule has 1 aliphatic heterocycles. The van der Waals surface area contributed by atoms with E-state index in [0.29, 0.717) is 29.5 Å². The molecule has 1 aliphatic carbocycles. The van der Waals surface area contributed by atoms with E-state index in [1.54, 1.807) is 24.3 Å². The first-order valence-corrected chi connectivity index (χ1v) is 8.34. The lowest BCUT2D eigenvalue weighted by molar-refractivity contribution is -0.391. The van der Waals surface area contributed by atoms with E-state index in [-0.39, 0.29) is 11.8 Å². The minimum atomic E-state index is -4.79. The number of alkyl halides is 4. The van der Waals surface area contributed by atoms with Gasteiger partial charge < -0.3 is 14.8 Å². The van der Waals surface area contributed by atoms with Gasteiger partial charge >= 0.3 is 12.2 Å². The number of halogens is 4. The van der Waals surface area contributed by atoms with Crippen molar-refractivity contribution in [3.8, 4) is 11.5 Å². The normalized spacial score (nSPS) is 23.6. The standard InChI is InChI=1S/C19H13F4NO4/c20-18(21)19(22,23)28-16-7-10(5-6-15(16)27-18)12-8-13(12)17(26)24-14-4-2-1-3-11(14)9-25/h1-7,9,12-13H,8H2,(H,24,26). The number of ether oxygens (including phenoxy) is 2. The van der Waals surface area contributed by atoms with Crippen LogP contribution in [0.5, 0.6) is 11.5 Å². The number of aldehydes is 1.